The summed E-state index contributed by atoms with van der Waals surface area (Å²) in [6.45, 7) is 1.59. The number of methoxy groups -OCH3 is 1. The molecule has 0 aromatic heterocycles. The zero-order valence-electron chi connectivity index (χ0n) is 7.32. The molecule has 1 aliphatic rings. The highest BCUT2D eigenvalue weighted by Crippen LogP contribution is 2.10. The lowest BCUT2D eigenvalue weighted by Crippen LogP contribution is -2.43. The van der Waals surface area contributed by atoms with E-state index in [1.165, 1.54) is 0 Å². The van der Waals surface area contributed by atoms with Crippen LogP contribution in [-0.4, -0.2) is 48.8 Å². The van der Waals surface area contributed by atoms with E-state index >= 15 is 0 Å². The van der Waals surface area contributed by atoms with E-state index in [-0.39, 0.29) is 12.0 Å². The van der Waals surface area contributed by atoms with E-state index in [0.717, 1.165) is 0 Å². The second-order valence-corrected chi connectivity index (χ2v) is 3.03. The lowest BCUT2D eigenvalue weighted by molar-refractivity contribution is -0.137. The molecule has 1 aliphatic heterocycles. The van der Waals surface area contributed by atoms with Crippen molar-refractivity contribution in [2.45, 2.75) is 18.9 Å². The molecule has 0 aromatic rings. The molecule has 0 spiro atoms. The minimum atomic E-state index is -0.348. The molecule has 4 heteroatoms. The monoisotopic (exact) mass is 173 g/mol. The fourth-order valence-corrected chi connectivity index (χ4v) is 1.31. The Kier molecular flexibility index (Phi) is 3.49. The fraction of sp³-hybridized carbons (Fsp3) is 0.875. The summed E-state index contributed by atoms with van der Waals surface area (Å²) in [7, 11) is 1.60. The van der Waals surface area contributed by atoms with Gasteiger partial charge in [0.25, 0.3) is 0 Å². The molecule has 1 atom stereocenters. The van der Waals surface area contributed by atoms with Crippen molar-refractivity contribution in [3.05, 3.63) is 0 Å². The van der Waals surface area contributed by atoms with Crippen LogP contribution in [0, 0.1) is 0 Å². The van der Waals surface area contributed by atoms with E-state index in [4.69, 9.17) is 4.74 Å². The quantitative estimate of drug-likeness (QED) is 0.632. The smallest absolute Gasteiger partial charge is 0.222 e. The molecule has 0 saturated carbocycles. The average molecular weight is 173 g/mol. The standard InChI is InChI=1S/C8H15NO3/c1-12-5-4-9-6-7(10)2-3-8(9)11/h7,10H,2-6H2,1H3. The average Bonchev–Trinajstić information content (AvgIpc) is 2.07. The van der Waals surface area contributed by atoms with Gasteiger partial charge in [0.15, 0.2) is 0 Å². The minimum absolute atomic E-state index is 0.123. The van der Waals surface area contributed by atoms with Gasteiger partial charge in [-0.05, 0) is 6.42 Å². The second-order valence-electron chi connectivity index (χ2n) is 3.03. The van der Waals surface area contributed by atoms with Gasteiger partial charge in [-0.2, -0.15) is 0 Å². The van der Waals surface area contributed by atoms with E-state index in [9.17, 15) is 9.90 Å². The number of amides is 1. The lowest BCUT2D eigenvalue weighted by atomic mass is 10.1. The molecule has 1 heterocycles. The normalized spacial score (nSPS) is 24.7. The van der Waals surface area contributed by atoms with Crippen molar-refractivity contribution in [2.24, 2.45) is 0 Å². The first-order valence-corrected chi connectivity index (χ1v) is 4.19. The molecule has 1 saturated heterocycles. The molecular formula is C8H15NO3. The van der Waals surface area contributed by atoms with E-state index in [1.54, 1.807) is 12.0 Å². The van der Waals surface area contributed by atoms with Crippen molar-refractivity contribution < 1.29 is 14.6 Å². The first-order chi connectivity index (χ1) is 5.74. The number of piperidine rings is 1. The van der Waals surface area contributed by atoms with Gasteiger partial charge in [-0.1, -0.05) is 0 Å². The molecule has 1 amide bonds. The van der Waals surface area contributed by atoms with Gasteiger partial charge < -0.3 is 14.7 Å². The highest BCUT2D eigenvalue weighted by atomic mass is 16.5. The van der Waals surface area contributed by atoms with Gasteiger partial charge in [0.2, 0.25) is 5.91 Å². The van der Waals surface area contributed by atoms with Gasteiger partial charge in [-0.3, -0.25) is 4.79 Å². The SMILES string of the molecule is COCCN1CC(O)CCC1=O. The molecule has 1 rings (SSSR count). The van der Waals surface area contributed by atoms with Crippen molar-refractivity contribution in [3.63, 3.8) is 0 Å². The second kappa shape index (κ2) is 4.42. The third-order valence-corrected chi connectivity index (χ3v) is 2.04. The Morgan fingerprint density at radius 2 is 2.50 bits per heavy atom. The number of hydrogen-bond donors (Lipinski definition) is 1. The van der Waals surface area contributed by atoms with Crippen LogP contribution in [0.3, 0.4) is 0 Å². The topological polar surface area (TPSA) is 49.8 Å². The van der Waals surface area contributed by atoms with Gasteiger partial charge in [-0.25, -0.2) is 0 Å². The Hall–Kier alpha value is -0.610. The van der Waals surface area contributed by atoms with Crippen molar-refractivity contribution >= 4 is 5.91 Å². The van der Waals surface area contributed by atoms with E-state index < -0.39 is 0 Å². The Balaban J connectivity index is 2.33. The summed E-state index contributed by atoms with van der Waals surface area (Å²) in [5.41, 5.74) is 0. The largest absolute Gasteiger partial charge is 0.391 e. The molecule has 0 bridgehead atoms. The molecule has 12 heavy (non-hydrogen) atoms. The molecule has 4 nitrogen and oxygen atoms in total. The molecular weight excluding hydrogens is 158 g/mol. The number of ether oxygens (including phenoxy) is 1. The van der Waals surface area contributed by atoms with Gasteiger partial charge in [0.05, 0.1) is 12.7 Å². The van der Waals surface area contributed by atoms with Crippen LogP contribution < -0.4 is 0 Å². The molecule has 1 N–H and O–H groups in total. The molecule has 0 aromatic carbocycles. The van der Waals surface area contributed by atoms with Crippen LogP contribution in [-0.2, 0) is 9.53 Å². The molecule has 1 fully saturated rings. The van der Waals surface area contributed by atoms with Crippen LogP contribution in [0.25, 0.3) is 0 Å². The lowest BCUT2D eigenvalue weighted by Gasteiger charge is -2.29. The summed E-state index contributed by atoms with van der Waals surface area (Å²) in [6.07, 6.45) is 0.715. The van der Waals surface area contributed by atoms with E-state index in [1.807, 2.05) is 0 Å². The highest BCUT2D eigenvalue weighted by molar-refractivity contribution is 5.77. The Bertz CT molecular complexity index is 160. The fourth-order valence-electron chi connectivity index (χ4n) is 1.31. The summed E-state index contributed by atoms with van der Waals surface area (Å²) in [5, 5.41) is 9.26. The number of rotatable bonds is 3. The summed E-state index contributed by atoms with van der Waals surface area (Å²) >= 11 is 0. The molecule has 1 unspecified atom stereocenters. The third-order valence-electron chi connectivity index (χ3n) is 2.04. The van der Waals surface area contributed by atoms with Crippen LogP contribution in [0.15, 0.2) is 0 Å². The first-order valence-electron chi connectivity index (χ1n) is 4.19. The number of carbonyl (C=O) groups is 1. The first kappa shape index (κ1) is 9.48. The van der Waals surface area contributed by atoms with Crippen molar-refractivity contribution in [1.82, 2.24) is 4.90 Å². The summed E-state index contributed by atoms with van der Waals surface area (Å²) < 4.78 is 4.85. The number of β-amino-alcohol motifs (C(OH)–C–C–N with tert-alkyl or cyclic N) is 1. The number of aliphatic hydroxyl groups excluding tert-OH is 1. The van der Waals surface area contributed by atoms with Crippen molar-refractivity contribution in [3.8, 4) is 0 Å². The maximum atomic E-state index is 11.2. The maximum Gasteiger partial charge on any atom is 0.222 e. The van der Waals surface area contributed by atoms with E-state index in [0.29, 0.717) is 32.5 Å². The van der Waals surface area contributed by atoms with Crippen LogP contribution in [0.5, 0.6) is 0 Å². The van der Waals surface area contributed by atoms with Crippen molar-refractivity contribution in [2.75, 3.05) is 26.8 Å². The van der Waals surface area contributed by atoms with Gasteiger partial charge in [0, 0.05) is 26.6 Å². The number of likely N-dealkylation sites (tertiary alicyclic amines) is 1. The Morgan fingerprint density at radius 1 is 1.75 bits per heavy atom. The van der Waals surface area contributed by atoms with Crippen LogP contribution in [0.2, 0.25) is 0 Å². The van der Waals surface area contributed by atoms with Crippen LogP contribution in [0.4, 0.5) is 0 Å². The van der Waals surface area contributed by atoms with Crippen LogP contribution in [0.1, 0.15) is 12.8 Å². The van der Waals surface area contributed by atoms with E-state index in [2.05, 4.69) is 0 Å². The predicted octanol–water partition coefficient (Wildman–Crippen LogP) is -0.384. The van der Waals surface area contributed by atoms with Gasteiger partial charge in [0.1, 0.15) is 0 Å². The number of aliphatic hydroxyl groups is 1. The Labute approximate surface area is 72.1 Å². The third kappa shape index (κ3) is 2.46. The Morgan fingerprint density at radius 3 is 3.17 bits per heavy atom. The molecule has 0 aliphatic carbocycles. The molecule has 0 radical (unpaired) electrons. The summed E-state index contributed by atoms with van der Waals surface area (Å²) in [4.78, 5) is 12.9. The summed E-state index contributed by atoms with van der Waals surface area (Å²) in [5.74, 6) is 0.123. The molecule has 70 valence electrons. The predicted molar refractivity (Wildman–Crippen MR) is 43.7 cm³/mol. The number of hydrogen-bond acceptors (Lipinski definition) is 3. The number of nitrogens with zero attached hydrogens (tertiary/aromatic N) is 1. The van der Waals surface area contributed by atoms with Crippen LogP contribution >= 0.6 is 0 Å². The number of carbonyl (C=O) groups excluding carboxylic acids is 1. The van der Waals surface area contributed by atoms with Gasteiger partial charge >= 0.3 is 0 Å². The minimum Gasteiger partial charge on any atom is -0.391 e. The highest BCUT2D eigenvalue weighted by Gasteiger charge is 2.23. The zero-order chi connectivity index (χ0) is 8.97. The summed E-state index contributed by atoms with van der Waals surface area (Å²) in [6, 6.07) is 0. The maximum absolute atomic E-state index is 11.2. The zero-order valence-corrected chi connectivity index (χ0v) is 7.32. The van der Waals surface area contributed by atoms with Crippen molar-refractivity contribution in [1.29, 1.82) is 0 Å². The van der Waals surface area contributed by atoms with Gasteiger partial charge in [-0.15, -0.1) is 0 Å².